The van der Waals surface area contributed by atoms with Crippen LogP contribution in [0.5, 0.6) is 0 Å². The zero-order valence-electron chi connectivity index (χ0n) is 17.2. The lowest BCUT2D eigenvalue weighted by Crippen LogP contribution is -2.27. The van der Waals surface area contributed by atoms with Gasteiger partial charge in [0.2, 0.25) is 0 Å². The van der Waals surface area contributed by atoms with Gasteiger partial charge in [0.05, 0.1) is 10.6 Å². The van der Waals surface area contributed by atoms with Gasteiger partial charge in [0, 0.05) is 23.7 Å². The van der Waals surface area contributed by atoms with Crippen LogP contribution in [-0.2, 0) is 10.0 Å². The maximum atomic E-state index is 13.0. The summed E-state index contributed by atoms with van der Waals surface area (Å²) in [6.45, 7) is 1.90. The van der Waals surface area contributed by atoms with Gasteiger partial charge >= 0.3 is 0 Å². The zero-order valence-corrected chi connectivity index (χ0v) is 18.1. The molecule has 0 radical (unpaired) electrons. The monoisotopic (exact) mass is 430 g/mol. The molecule has 0 spiro atoms. The van der Waals surface area contributed by atoms with Crippen LogP contribution in [0.15, 0.2) is 95.9 Å². The van der Waals surface area contributed by atoms with Crippen molar-refractivity contribution in [2.24, 2.45) is 0 Å². The molecule has 0 aromatic heterocycles. The SMILES string of the molecule is Cc1ccc(S(=O)(=O)N(C)c2cccc(C(=O)Nc3cccc4ccccc34)c2)cc1. The Balaban J connectivity index is 1.62. The average Bonchev–Trinajstić information content (AvgIpc) is 2.79. The van der Waals surface area contributed by atoms with Gasteiger partial charge in [-0.05, 0) is 48.7 Å². The molecular weight excluding hydrogens is 408 g/mol. The molecular formula is C25H22N2O3S. The van der Waals surface area contributed by atoms with E-state index in [1.54, 1.807) is 48.5 Å². The molecule has 1 amide bonds. The Kier molecular flexibility index (Phi) is 5.48. The Morgan fingerprint density at radius 3 is 2.29 bits per heavy atom. The molecule has 0 bridgehead atoms. The molecule has 0 atom stereocenters. The Labute approximate surface area is 182 Å². The summed E-state index contributed by atoms with van der Waals surface area (Å²) in [5.74, 6) is -0.306. The molecule has 5 nitrogen and oxygen atoms in total. The number of amides is 1. The second-order valence-corrected chi connectivity index (χ2v) is 9.29. The third-order valence-electron chi connectivity index (χ3n) is 5.19. The number of carbonyl (C=O) groups is 1. The van der Waals surface area contributed by atoms with Crippen molar-refractivity contribution in [3.63, 3.8) is 0 Å². The van der Waals surface area contributed by atoms with E-state index in [1.807, 2.05) is 49.4 Å². The summed E-state index contributed by atoms with van der Waals surface area (Å²) in [4.78, 5) is 13.1. The second-order valence-electron chi connectivity index (χ2n) is 7.32. The standard InChI is InChI=1S/C25H22N2O3S/c1-18-13-15-22(16-14-18)31(29,30)27(2)21-10-5-9-20(17-21)25(28)26-24-12-6-8-19-7-3-4-11-23(19)24/h3-17H,1-2H3,(H,26,28). The lowest BCUT2D eigenvalue weighted by molar-refractivity contribution is 0.102. The molecule has 0 aliphatic heterocycles. The van der Waals surface area contributed by atoms with Crippen LogP contribution in [0.4, 0.5) is 11.4 Å². The summed E-state index contributed by atoms with van der Waals surface area (Å²) in [6, 6.07) is 26.8. The number of benzene rings is 4. The highest BCUT2D eigenvalue weighted by atomic mass is 32.2. The fourth-order valence-corrected chi connectivity index (χ4v) is 4.57. The van der Waals surface area contributed by atoms with Gasteiger partial charge < -0.3 is 5.32 Å². The molecule has 0 aliphatic carbocycles. The molecule has 4 rings (SSSR count). The summed E-state index contributed by atoms with van der Waals surface area (Å²) in [6.07, 6.45) is 0. The first-order chi connectivity index (χ1) is 14.9. The van der Waals surface area contributed by atoms with Gasteiger partial charge in [-0.3, -0.25) is 9.10 Å². The number of nitrogens with one attached hydrogen (secondary N) is 1. The van der Waals surface area contributed by atoms with Crippen LogP contribution in [0, 0.1) is 6.92 Å². The number of sulfonamides is 1. The Morgan fingerprint density at radius 2 is 1.52 bits per heavy atom. The molecule has 4 aromatic rings. The molecule has 0 fully saturated rings. The second kappa shape index (κ2) is 8.24. The number of carbonyl (C=O) groups excluding carboxylic acids is 1. The van der Waals surface area contributed by atoms with E-state index in [2.05, 4.69) is 5.32 Å². The molecule has 0 saturated heterocycles. The topological polar surface area (TPSA) is 66.5 Å². The highest BCUT2D eigenvalue weighted by Gasteiger charge is 2.22. The lowest BCUT2D eigenvalue weighted by Gasteiger charge is -2.20. The van der Waals surface area contributed by atoms with Gasteiger partial charge in [-0.2, -0.15) is 0 Å². The number of hydrogen-bond acceptors (Lipinski definition) is 3. The van der Waals surface area contributed by atoms with Crippen molar-refractivity contribution in [2.75, 3.05) is 16.7 Å². The van der Waals surface area contributed by atoms with Crippen LogP contribution in [-0.4, -0.2) is 21.4 Å². The van der Waals surface area contributed by atoms with Crippen molar-refractivity contribution in [1.29, 1.82) is 0 Å². The summed E-state index contributed by atoms with van der Waals surface area (Å²) < 4.78 is 27.2. The molecule has 31 heavy (non-hydrogen) atoms. The normalized spacial score (nSPS) is 11.3. The summed E-state index contributed by atoms with van der Waals surface area (Å²) in [7, 11) is -2.25. The van der Waals surface area contributed by atoms with Crippen molar-refractivity contribution in [3.05, 3.63) is 102 Å². The van der Waals surface area contributed by atoms with Crippen LogP contribution in [0.2, 0.25) is 0 Å². The maximum Gasteiger partial charge on any atom is 0.264 e. The molecule has 0 saturated carbocycles. The first-order valence-corrected chi connectivity index (χ1v) is 11.2. The predicted molar refractivity (Wildman–Crippen MR) is 125 cm³/mol. The number of fused-ring (bicyclic) bond motifs is 1. The number of hydrogen-bond donors (Lipinski definition) is 1. The van der Waals surface area contributed by atoms with Gasteiger partial charge in [0.15, 0.2) is 0 Å². The summed E-state index contributed by atoms with van der Waals surface area (Å²) >= 11 is 0. The Hall–Kier alpha value is -3.64. The summed E-state index contributed by atoms with van der Waals surface area (Å²) in [5.41, 5.74) is 2.46. The quantitative estimate of drug-likeness (QED) is 0.472. The van der Waals surface area contributed by atoms with Crippen molar-refractivity contribution in [1.82, 2.24) is 0 Å². The molecule has 4 aromatic carbocycles. The van der Waals surface area contributed by atoms with E-state index >= 15 is 0 Å². The van der Waals surface area contributed by atoms with Gasteiger partial charge in [-0.15, -0.1) is 0 Å². The van der Waals surface area contributed by atoms with Gasteiger partial charge in [0.25, 0.3) is 15.9 Å². The minimum Gasteiger partial charge on any atom is -0.321 e. The van der Waals surface area contributed by atoms with Crippen LogP contribution >= 0.6 is 0 Å². The zero-order chi connectivity index (χ0) is 22.0. The van der Waals surface area contributed by atoms with Gasteiger partial charge in [0.1, 0.15) is 0 Å². The lowest BCUT2D eigenvalue weighted by atomic mass is 10.1. The number of nitrogens with zero attached hydrogens (tertiary/aromatic N) is 1. The van der Waals surface area contributed by atoms with Gasteiger partial charge in [-0.1, -0.05) is 60.2 Å². The van der Waals surface area contributed by atoms with E-state index in [1.165, 1.54) is 11.4 Å². The summed E-state index contributed by atoms with van der Waals surface area (Å²) in [5, 5.41) is 4.90. The molecule has 1 N–H and O–H groups in total. The molecule has 0 heterocycles. The van der Waals surface area contributed by atoms with Crippen molar-refractivity contribution in [3.8, 4) is 0 Å². The fraction of sp³-hybridized carbons (Fsp3) is 0.0800. The highest BCUT2D eigenvalue weighted by molar-refractivity contribution is 7.92. The fourth-order valence-electron chi connectivity index (χ4n) is 3.38. The van der Waals surface area contributed by atoms with E-state index in [0.29, 0.717) is 16.9 Å². The average molecular weight is 431 g/mol. The Morgan fingerprint density at radius 1 is 0.839 bits per heavy atom. The maximum absolute atomic E-state index is 13.0. The van der Waals surface area contributed by atoms with Gasteiger partial charge in [-0.25, -0.2) is 8.42 Å². The minimum absolute atomic E-state index is 0.200. The van der Waals surface area contributed by atoms with E-state index in [0.717, 1.165) is 16.3 Å². The third kappa shape index (κ3) is 4.15. The molecule has 0 unspecified atom stereocenters. The largest absolute Gasteiger partial charge is 0.321 e. The minimum atomic E-state index is -3.74. The van der Waals surface area contributed by atoms with Crippen LogP contribution < -0.4 is 9.62 Å². The van der Waals surface area contributed by atoms with E-state index < -0.39 is 10.0 Å². The van der Waals surface area contributed by atoms with Crippen molar-refractivity contribution < 1.29 is 13.2 Å². The van der Waals surface area contributed by atoms with Crippen LogP contribution in [0.25, 0.3) is 10.8 Å². The highest BCUT2D eigenvalue weighted by Crippen LogP contribution is 2.26. The first kappa shape index (κ1) is 20.6. The predicted octanol–water partition coefficient (Wildman–Crippen LogP) is 5.23. The number of rotatable bonds is 5. The number of aryl methyl sites for hydroxylation is 1. The molecule has 6 heteroatoms. The number of anilines is 2. The van der Waals surface area contributed by atoms with Crippen molar-refractivity contribution in [2.45, 2.75) is 11.8 Å². The molecule has 0 aliphatic rings. The molecule has 156 valence electrons. The van der Waals surface area contributed by atoms with Crippen LogP contribution in [0.3, 0.4) is 0 Å². The first-order valence-electron chi connectivity index (χ1n) is 9.81. The Bertz CT molecular complexity index is 1360. The smallest absolute Gasteiger partial charge is 0.264 e. The van der Waals surface area contributed by atoms with E-state index in [9.17, 15) is 13.2 Å². The van der Waals surface area contributed by atoms with E-state index in [4.69, 9.17) is 0 Å². The van der Waals surface area contributed by atoms with Crippen molar-refractivity contribution >= 4 is 38.1 Å². The third-order valence-corrected chi connectivity index (χ3v) is 6.99. The van der Waals surface area contributed by atoms with E-state index in [-0.39, 0.29) is 10.8 Å². The van der Waals surface area contributed by atoms with Crippen LogP contribution in [0.1, 0.15) is 15.9 Å².